The van der Waals surface area contributed by atoms with Crippen molar-refractivity contribution in [2.45, 2.75) is 38.8 Å². The van der Waals surface area contributed by atoms with Crippen LogP contribution < -0.4 is 5.32 Å². The number of nitrogens with zero attached hydrogens (tertiary/aromatic N) is 1. The molecule has 1 aromatic rings. The Balaban J connectivity index is 1.58. The molecule has 2 heterocycles. The average Bonchev–Trinajstić information content (AvgIpc) is 3.02. The minimum absolute atomic E-state index is 0.0539. The fourth-order valence-electron chi connectivity index (χ4n) is 4.05. The summed E-state index contributed by atoms with van der Waals surface area (Å²) in [5.41, 5.74) is 0.253. The van der Waals surface area contributed by atoms with Crippen LogP contribution in [-0.4, -0.2) is 37.0 Å². The highest BCUT2D eigenvalue weighted by atomic mass is 19.4. The van der Waals surface area contributed by atoms with Crippen molar-refractivity contribution in [1.82, 2.24) is 10.2 Å². The van der Waals surface area contributed by atoms with Gasteiger partial charge in [0, 0.05) is 25.6 Å². The number of carbonyl (C=O) groups is 1. The van der Waals surface area contributed by atoms with E-state index in [1.807, 2.05) is 11.8 Å². The maximum absolute atomic E-state index is 12.8. The Labute approximate surface area is 146 Å². The average molecular weight is 354 g/mol. The zero-order chi connectivity index (χ0) is 18.1. The van der Waals surface area contributed by atoms with E-state index in [9.17, 15) is 18.0 Å². The van der Waals surface area contributed by atoms with Gasteiger partial charge < -0.3 is 10.2 Å². The number of benzene rings is 1. The van der Waals surface area contributed by atoms with E-state index >= 15 is 0 Å². The number of hydrogen-bond acceptors (Lipinski definition) is 2. The number of likely N-dealkylation sites (tertiary alicyclic amines) is 1. The van der Waals surface area contributed by atoms with Crippen LogP contribution in [0.15, 0.2) is 24.3 Å². The van der Waals surface area contributed by atoms with Crippen LogP contribution in [0.2, 0.25) is 0 Å². The summed E-state index contributed by atoms with van der Waals surface area (Å²) in [6, 6.07) is 5.29. The maximum Gasteiger partial charge on any atom is 0.416 e. The molecule has 1 spiro atoms. The lowest BCUT2D eigenvalue weighted by Crippen LogP contribution is -2.46. The van der Waals surface area contributed by atoms with Crippen LogP contribution in [0.3, 0.4) is 0 Å². The molecule has 6 heteroatoms. The second kappa shape index (κ2) is 6.98. The van der Waals surface area contributed by atoms with Crippen molar-refractivity contribution in [3.05, 3.63) is 35.4 Å². The van der Waals surface area contributed by atoms with Crippen LogP contribution in [0, 0.1) is 11.3 Å². The minimum Gasteiger partial charge on any atom is -0.342 e. The molecule has 2 fully saturated rings. The highest BCUT2D eigenvalue weighted by Crippen LogP contribution is 2.37. The number of nitrogens with one attached hydrogen (secondary N) is 1. The van der Waals surface area contributed by atoms with Crippen molar-refractivity contribution in [1.29, 1.82) is 0 Å². The van der Waals surface area contributed by atoms with Gasteiger partial charge in [-0.05, 0) is 49.3 Å². The van der Waals surface area contributed by atoms with Crippen molar-refractivity contribution in [3.63, 3.8) is 0 Å². The van der Waals surface area contributed by atoms with Gasteiger partial charge in [-0.25, -0.2) is 0 Å². The first-order valence-corrected chi connectivity index (χ1v) is 8.95. The van der Waals surface area contributed by atoms with Crippen molar-refractivity contribution in [2.75, 3.05) is 26.2 Å². The Morgan fingerprint density at radius 2 is 2.00 bits per heavy atom. The third-order valence-electron chi connectivity index (χ3n) is 5.69. The van der Waals surface area contributed by atoms with Gasteiger partial charge in [0.05, 0.1) is 5.56 Å². The SMILES string of the molecule is CC(Cc1cccc(C(F)(F)F)c1)C(=O)N1CCC2(CCNC2)CC1. The van der Waals surface area contributed by atoms with Crippen LogP contribution >= 0.6 is 0 Å². The Morgan fingerprint density at radius 3 is 2.60 bits per heavy atom. The first kappa shape index (κ1) is 18.2. The molecule has 0 radical (unpaired) electrons. The van der Waals surface area contributed by atoms with Crippen LogP contribution in [0.5, 0.6) is 0 Å². The zero-order valence-corrected chi connectivity index (χ0v) is 14.5. The van der Waals surface area contributed by atoms with E-state index in [2.05, 4.69) is 5.32 Å². The summed E-state index contributed by atoms with van der Waals surface area (Å²) in [7, 11) is 0. The first-order valence-electron chi connectivity index (χ1n) is 8.95. The molecule has 0 aliphatic carbocycles. The van der Waals surface area contributed by atoms with Crippen molar-refractivity contribution in [2.24, 2.45) is 11.3 Å². The molecule has 1 atom stereocenters. The molecule has 3 rings (SSSR count). The molecule has 3 nitrogen and oxygen atoms in total. The van der Waals surface area contributed by atoms with Crippen molar-refractivity contribution in [3.8, 4) is 0 Å². The van der Waals surface area contributed by atoms with Crippen molar-refractivity contribution < 1.29 is 18.0 Å². The predicted octanol–water partition coefficient (Wildman–Crippen LogP) is 3.49. The topological polar surface area (TPSA) is 32.3 Å². The van der Waals surface area contributed by atoms with E-state index in [1.165, 1.54) is 12.5 Å². The van der Waals surface area contributed by atoms with E-state index < -0.39 is 11.7 Å². The molecule has 138 valence electrons. The third-order valence-corrected chi connectivity index (χ3v) is 5.69. The second-order valence-electron chi connectivity index (χ2n) is 7.56. The fraction of sp³-hybridized carbons (Fsp3) is 0.632. The monoisotopic (exact) mass is 354 g/mol. The summed E-state index contributed by atoms with van der Waals surface area (Å²) >= 11 is 0. The summed E-state index contributed by atoms with van der Waals surface area (Å²) in [4.78, 5) is 14.6. The number of amides is 1. The van der Waals surface area contributed by atoms with Crippen LogP contribution in [-0.2, 0) is 17.4 Å². The smallest absolute Gasteiger partial charge is 0.342 e. The second-order valence-corrected chi connectivity index (χ2v) is 7.56. The molecule has 0 saturated carbocycles. The van der Waals surface area contributed by atoms with Crippen LogP contribution in [0.4, 0.5) is 13.2 Å². The molecule has 2 aliphatic rings. The predicted molar refractivity (Wildman–Crippen MR) is 90.0 cm³/mol. The molecule has 1 aromatic carbocycles. The number of carbonyl (C=O) groups excluding carboxylic acids is 1. The fourth-order valence-corrected chi connectivity index (χ4v) is 4.05. The van der Waals surface area contributed by atoms with Gasteiger partial charge in [-0.15, -0.1) is 0 Å². The van der Waals surface area contributed by atoms with E-state index in [1.54, 1.807) is 6.07 Å². The number of rotatable bonds is 3. The van der Waals surface area contributed by atoms with E-state index in [-0.39, 0.29) is 11.8 Å². The van der Waals surface area contributed by atoms with Gasteiger partial charge in [0.2, 0.25) is 5.91 Å². The normalized spacial score (nSPS) is 21.5. The minimum atomic E-state index is -4.35. The van der Waals surface area contributed by atoms with Gasteiger partial charge in [0.1, 0.15) is 0 Å². The molecule has 0 bridgehead atoms. The summed E-state index contributed by atoms with van der Waals surface area (Å²) in [5.74, 6) is -0.252. The highest BCUT2D eigenvalue weighted by Gasteiger charge is 2.38. The summed E-state index contributed by atoms with van der Waals surface area (Å²) in [6.07, 6.45) is -0.801. The van der Waals surface area contributed by atoms with E-state index in [0.29, 0.717) is 17.4 Å². The molecule has 2 saturated heterocycles. The third kappa shape index (κ3) is 4.17. The summed E-state index contributed by atoms with van der Waals surface area (Å²) < 4.78 is 38.5. The van der Waals surface area contributed by atoms with Gasteiger partial charge in [0.15, 0.2) is 0 Å². The van der Waals surface area contributed by atoms with Gasteiger partial charge in [-0.2, -0.15) is 13.2 Å². The van der Waals surface area contributed by atoms with Crippen LogP contribution in [0.25, 0.3) is 0 Å². The Bertz CT molecular complexity index is 613. The van der Waals surface area contributed by atoms with Gasteiger partial charge in [-0.1, -0.05) is 25.1 Å². The maximum atomic E-state index is 12.8. The lowest BCUT2D eigenvalue weighted by molar-refractivity contribution is -0.137. The molecule has 1 unspecified atom stereocenters. The molecule has 1 N–H and O–H groups in total. The molecule has 2 aliphatic heterocycles. The standard InChI is InChI=1S/C19H25F3N2O/c1-14(11-15-3-2-4-16(12-15)19(20,21)22)17(25)24-9-6-18(7-10-24)5-8-23-13-18/h2-4,12,14,23H,5-11,13H2,1H3. The molecular formula is C19H25F3N2O. The van der Waals surface area contributed by atoms with Crippen molar-refractivity contribution >= 4 is 5.91 Å². The highest BCUT2D eigenvalue weighted by molar-refractivity contribution is 5.79. The Morgan fingerprint density at radius 1 is 1.28 bits per heavy atom. The number of halogens is 3. The number of hydrogen-bond donors (Lipinski definition) is 1. The molecule has 1 amide bonds. The summed E-state index contributed by atoms with van der Waals surface area (Å²) in [5, 5.41) is 3.40. The lowest BCUT2D eigenvalue weighted by Gasteiger charge is -2.39. The van der Waals surface area contributed by atoms with E-state index in [4.69, 9.17) is 0 Å². The van der Waals surface area contributed by atoms with Gasteiger partial charge in [-0.3, -0.25) is 4.79 Å². The molecule has 0 aromatic heterocycles. The zero-order valence-electron chi connectivity index (χ0n) is 14.5. The van der Waals surface area contributed by atoms with E-state index in [0.717, 1.165) is 51.2 Å². The lowest BCUT2D eigenvalue weighted by atomic mass is 9.77. The largest absolute Gasteiger partial charge is 0.416 e. The molecular weight excluding hydrogens is 329 g/mol. The molecule has 25 heavy (non-hydrogen) atoms. The van der Waals surface area contributed by atoms with Crippen LogP contribution in [0.1, 0.15) is 37.3 Å². The van der Waals surface area contributed by atoms with Gasteiger partial charge in [0.25, 0.3) is 0 Å². The number of piperidine rings is 1. The Hall–Kier alpha value is -1.56. The Kier molecular flexibility index (Phi) is 5.09. The quantitative estimate of drug-likeness (QED) is 0.901. The number of alkyl halides is 3. The first-order chi connectivity index (χ1) is 11.8. The van der Waals surface area contributed by atoms with Gasteiger partial charge >= 0.3 is 6.18 Å². The summed E-state index contributed by atoms with van der Waals surface area (Å²) in [6.45, 7) is 5.42.